The molecule has 1 aromatic carbocycles. The van der Waals surface area contributed by atoms with Gasteiger partial charge in [-0.05, 0) is 24.6 Å². The van der Waals surface area contributed by atoms with Gasteiger partial charge in [-0.25, -0.2) is 8.42 Å². The predicted molar refractivity (Wildman–Crippen MR) is 76.8 cm³/mol. The first-order valence-electron chi connectivity index (χ1n) is 6.19. The molecule has 0 bridgehead atoms. The molecular weight excluding hydrogens is 278 g/mol. The van der Waals surface area contributed by atoms with E-state index < -0.39 is 10.0 Å². The number of nitrogens with two attached hydrogens (primary N) is 1. The van der Waals surface area contributed by atoms with Crippen molar-refractivity contribution in [2.45, 2.75) is 25.2 Å². The maximum Gasteiger partial charge on any atom is 0.246 e. The van der Waals surface area contributed by atoms with E-state index >= 15 is 0 Å². The topological polar surface area (TPSA) is 96.4 Å². The normalized spacial score (nSPS) is 11.3. The van der Waals surface area contributed by atoms with Gasteiger partial charge in [-0.1, -0.05) is 6.92 Å². The van der Waals surface area contributed by atoms with Crippen molar-refractivity contribution in [2.24, 2.45) is 0 Å². The highest BCUT2D eigenvalue weighted by Gasteiger charge is 2.27. The van der Waals surface area contributed by atoms with Crippen molar-refractivity contribution >= 4 is 15.7 Å². The Labute approximate surface area is 119 Å². The van der Waals surface area contributed by atoms with Gasteiger partial charge in [0.05, 0.1) is 13.2 Å². The van der Waals surface area contributed by atoms with Crippen LogP contribution in [0.1, 0.15) is 18.9 Å². The van der Waals surface area contributed by atoms with E-state index in [1.807, 2.05) is 6.07 Å². The number of benzene rings is 1. The lowest BCUT2D eigenvalue weighted by molar-refractivity contribution is 0.394. The van der Waals surface area contributed by atoms with Crippen LogP contribution in [0.25, 0.3) is 0 Å². The first kappa shape index (κ1) is 16.3. The van der Waals surface area contributed by atoms with Crippen molar-refractivity contribution in [3.8, 4) is 11.8 Å². The van der Waals surface area contributed by atoms with Crippen molar-refractivity contribution in [3.05, 3.63) is 17.7 Å². The number of aryl methyl sites for hydroxylation is 1. The summed E-state index contributed by atoms with van der Waals surface area (Å²) >= 11 is 0. The molecule has 0 aliphatic rings. The molecule has 0 aromatic heterocycles. The second-order valence-electron chi connectivity index (χ2n) is 4.26. The summed E-state index contributed by atoms with van der Waals surface area (Å²) in [5.74, 6) is 0.257. The number of anilines is 1. The van der Waals surface area contributed by atoms with Gasteiger partial charge in [-0.15, -0.1) is 0 Å². The fourth-order valence-electron chi connectivity index (χ4n) is 1.80. The minimum Gasteiger partial charge on any atom is -0.495 e. The Balaban J connectivity index is 3.34. The van der Waals surface area contributed by atoms with Crippen LogP contribution in [0.3, 0.4) is 0 Å². The molecule has 0 heterocycles. The molecule has 1 aromatic rings. The summed E-state index contributed by atoms with van der Waals surface area (Å²) in [6, 6.07) is 4.94. The number of rotatable bonds is 6. The average Bonchev–Trinajstić information content (AvgIpc) is 2.41. The molecule has 1 rings (SSSR count). The summed E-state index contributed by atoms with van der Waals surface area (Å²) in [5, 5.41) is 8.61. The van der Waals surface area contributed by atoms with Crippen LogP contribution in [0.5, 0.6) is 5.75 Å². The number of nitrogens with zero attached hydrogens (tertiary/aromatic N) is 2. The lowest BCUT2D eigenvalue weighted by Gasteiger charge is -2.21. The van der Waals surface area contributed by atoms with Crippen LogP contribution in [0, 0.1) is 18.3 Å². The fourth-order valence-corrected chi connectivity index (χ4v) is 3.42. The van der Waals surface area contributed by atoms with E-state index in [9.17, 15) is 8.42 Å². The maximum atomic E-state index is 12.6. The molecule has 0 spiro atoms. The van der Waals surface area contributed by atoms with Crippen molar-refractivity contribution in [1.82, 2.24) is 4.31 Å². The Morgan fingerprint density at radius 3 is 2.60 bits per heavy atom. The van der Waals surface area contributed by atoms with Crippen molar-refractivity contribution < 1.29 is 13.2 Å². The monoisotopic (exact) mass is 297 g/mol. The third-order valence-electron chi connectivity index (χ3n) is 3.00. The van der Waals surface area contributed by atoms with E-state index in [0.717, 1.165) is 5.56 Å². The number of sulfonamides is 1. The first-order chi connectivity index (χ1) is 9.38. The zero-order valence-electron chi connectivity index (χ0n) is 11.9. The van der Waals surface area contributed by atoms with Crippen LogP contribution in [-0.2, 0) is 10.0 Å². The van der Waals surface area contributed by atoms with E-state index in [1.165, 1.54) is 17.5 Å². The number of nitrogen functional groups attached to an aromatic ring is 1. The summed E-state index contributed by atoms with van der Waals surface area (Å²) in [7, 11) is -2.32. The lowest BCUT2D eigenvalue weighted by Crippen LogP contribution is -2.32. The second-order valence-corrected chi connectivity index (χ2v) is 6.17. The van der Waals surface area contributed by atoms with Crippen LogP contribution in [0.2, 0.25) is 0 Å². The molecule has 110 valence electrons. The number of nitriles is 1. The molecule has 0 unspecified atom stereocenters. The van der Waals surface area contributed by atoms with E-state index in [1.54, 1.807) is 19.9 Å². The van der Waals surface area contributed by atoms with Crippen LogP contribution in [-0.4, -0.2) is 32.9 Å². The molecular formula is C13H19N3O3S. The minimum absolute atomic E-state index is 0.0305. The number of ether oxygens (including phenoxy) is 1. The predicted octanol–water partition coefficient (Wildman–Crippen LogP) is 1.51. The molecule has 0 saturated carbocycles. The van der Waals surface area contributed by atoms with Gasteiger partial charge in [0.25, 0.3) is 0 Å². The summed E-state index contributed by atoms with van der Waals surface area (Å²) in [4.78, 5) is 0.0305. The average molecular weight is 297 g/mol. The molecule has 2 N–H and O–H groups in total. The highest BCUT2D eigenvalue weighted by molar-refractivity contribution is 7.89. The number of hydrogen-bond acceptors (Lipinski definition) is 5. The largest absolute Gasteiger partial charge is 0.495 e. The van der Waals surface area contributed by atoms with Crippen LogP contribution >= 0.6 is 0 Å². The quantitative estimate of drug-likeness (QED) is 0.803. The van der Waals surface area contributed by atoms with Crippen molar-refractivity contribution in [2.75, 3.05) is 25.9 Å². The van der Waals surface area contributed by atoms with Gasteiger partial charge in [-0.2, -0.15) is 9.57 Å². The van der Waals surface area contributed by atoms with Gasteiger partial charge in [0.15, 0.2) is 0 Å². The minimum atomic E-state index is -3.73. The van der Waals surface area contributed by atoms with E-state index in [4.69, 9.17) is 15.7 Å². The van der Waals surface area contributed by atoms with Gasteiger partial charge < -0.3 is 10.5 Å². The lowest BCUT2D eigenvalue weighted by atomic mass is 10.2. The zero-order chi connectivity index (χ0) is 15.3. The van der Waals surface area contributed by atoms with Crippen molar-refractivity contribution in [1.29, 1.82) is 5.26 Å². The standard InChI is InChI=1S/C13H19N3O3S/c1-4-16(7-5-6-14)20(17,18)13-9-11(15)10(2)8-12(13)19-3/h8-9H,4-5,7,15H2,1-3H3. The van der Waals surface area contributed by atoms with E-state index in [2.05, 4.69) is 0 Å². The SMILES string of the molecule is CCN(CCC#N)S(=O)(=O)c1cc(N)c(C)cc1OC. The summed E-state index contributed by atoms with van der Waals surface area (Å²) in [5.41, 5.74) is 6.93. The Morgan fingerprint density at radius 2 is 2.10 bits per heavy atom. The maximum absolute atomic E-state index is 12.6. The van der Waals surface area contributed by atoms with Gasteiger partial charge in [-0.3, -0.25) is 0 Å². The molecule has 0 fully saturated rings. The van der Waals surface area contributed by atoms with Crippen molar-refractivity contribution in [3.63, 3.8) is 0 Å². The van der Waals surface area contributed by atoms with Gasteiger partial charge >= 0.3 is 0 Å². The van der Waals surface area contributed by atoms with E-state index in [-0.39, 0.29) is 30.2 Å². The molecule has 6 nitrogen and oxygen atoms in total. The summed E-state index contributed by atoms with van der Waals surface area (Å²) < 4.78 is 31.6. The summed E-state index contributed by atoms with van der Waals surface area (Å²) in [6.07, 6.45) is 0.136. The molecule has 0 radical (unpaired) electrons. The molecule has 0 amide bonds. The Morgan fingerprint density at radius 1 is 1.45 bits per heavy atom. The Hall–Kier alpha value is -1.78. The Kier molecular flexibility index (Phi) is 5.36. The van der Waals surface area contributed by atoms with E-state index in [0.29, 0.717) is 5.69 Å². The first-order valence-corrected chi connectivity index (χ1v) is 7.63. The molecule has 0 aliphatic carbocycles. The van der Waals surface area contributed by atoms with Gasteiger partial charge in [0.2, 0.25) is 10.0 Å². The van der Waals surface area contributed by atoms with Crippen LogP contribution in [0.15, 0.2) is 17.0 Å². The summed E-state index contributed by atoms with van der Waals surface area (Å²) in [6.45, 7) is 3.92. The van der Waals surface area contributed by atoms with Gasteiger partial charge in [0, 0.05) is 25.2 Å². The second kappa shape index (κ2) is 6.59. The number of methoxy groups -OCH3 is 1. The fraction of sp³-hybridized carbons (Fsp3) is 0.462. The van der Waals surface area contributed by atoms with Crippen LogP contribution < -0.4 is 10.5 Å². The van der Waals surface area contributed by atoms with Crippen LogP contribution in [0.4, 0.5) is 5.69 Å². The van der Waals surface area contributed by atoms with Gasteiger partial charge in [0.1, 0.15) is 10.6 Å². The molecule has 0 aliphatic heterocycles. The molecule has 7 heteroatoms. The molecule has 20 heavy (non-hydrogen) atoms. The number of hydrogen-bond donors (Lipinski definition) is 1. The third-order valence-corrected chi connectivity index (χ3v) is 4.99. The zero-order valence-corrected chi connectivity index (χ0v) is 12.7. The highest BCUT2D eigenvalue weighted by Crippen LogP contribution is 2.31. The molecule has 0 saturated heterocycles. The Bertz CT molecular complexity index is 620. The highest BCUT2D eigenvalue weighted by atomic mass is 32.2. The molecule has 0 atom stereocenters. The third kappa shape index (κ3) is 3.21. The smallest absolute Gasteiger partial charge is 0.246 e.